The lowest BCUT2D eigenvalue weighted by atomic mass is 9.86. The standard InChI is InChI=1S/C22H33NO4S/c1-21(2,3)16-10-8-15(9-11-16)19(25)23-17(12-13-28-7)20(26)27-14-18(24)22(4,5)6/h8-11,17H,12-14H2,1-7H3,(H,23,25)/t17-/m0/s1. The van der Waals surface area contributed by atoms with E-state index in [9.17, 15) is 14.4 Å². The lowest BCUT2D eigenvalue weighted by Gasteiger charge is -2.21. The van der Waals surface area contributed by atoms with E-state index < -0.39 is 17.4 Å². The SMILES string of the molecule is CSCC[C@H](NC(=O)c1ccc(C(C)(C)C)cc1)C(=O)OCC(=O)C(C)(C)C. The molecule has 0 fully saturated rings. The number of esters is 1. The molecule has 1 atom stereocenters. The number of ether oxygens (including phenoxy) is 1. The molecule has 0 saturated carbocycles. The number of Topliss-reactive ketones (excluding diaryl/α,β-unsaturated/α-hetero) is 1. The van der Waals surface area contributed by atoms with Gasteiger partial charge in [0.15, 0.2) is 12.4 Å². The zero-order valence-corrected chi connectivity index (χ0v) is 18.9. The predicted molar refractivity (Wildman–Crippen MR) is 115 cm³/mol. The summed E-state index contributed by atoms with van der Waals surface area (Å²) in [6, 6.07) is 6.58. The van der Waals surface area contributed by atoms with Crippen molar-refractivity contribution >= 4 is 29.4 Å². The maximum absolute atomic E-state index is 12.6. The Bertz CT molecular complexity index is 684. The molecule has 28 heavy (non-hydrogen) atoms. The fourth-order valence-corrected chi connectivity index (χ4v) is 2.77. The quantitative estimate of drug-likeness (QED) is 0.660. The summed E-state index contributed by atoms with van der Waals surface area (Å²) in [6.45, 7) is 11.4. The average Bonchev–Trinajstić information content (AvgIpc) is 2.61. The largest absolute Gasteiger partial charge is 0.456 e. The van der Waals surface area contributed by atoms with Gasteiger partial charge in [0.25, 0.3) is 5.91 Å². The molecule has 1 amide bonds. The molecule has 1 rings (SSSR count). The van der Waals surface area contributed by atoms with Crippen molar-refractivity contribution in [2.45, 2.75) is 59.4 Å². The maximum Gasteiger partial charge on any atom is 0.329 e. The molecule has 0 aromatic heterocycles. The molecular formula is C22H33NO4S. The van der Waals surface area contributed by atoms with Crippen LogP contribution in [0.5, 0.6) is 0 Å². The predicted octanol–water partition coefficient (Wildman–Crippen LogP) is 3.99. The molecule has 1 N–H and O–H groups in total. The van der Waals surface area contributed by atoms with Crippen LogP contribution in [0.25, 0.3) is 0 Å². The van der Waals surface area contributed by atoms with Crippen LogP contribution in [0.15, 0.2) is 24.3 Å². The van der Waals surface area contributed by atoms with E-state index in [0.29, 0.717) is 17.7 Å². The molecule has 0 aliphatic rings. The average molecular weight is 408 g/mol. The minimum absolute atomic E-state index is 0.000706. The highest BCUT2D eigenvalue weighted by Gasteiger charge is 2.27. The van der Waals surface area contributed by atoms with Crippen molar-refractivity contribution < 1.29 is 19.1 Å². The summed E-state index contributed by atoms with van der Waals surface area (Å²) < 4.78 is 5.18. The van der Waals surface area contributed by atoms with E-state index in [1.807, 2.05) is 18.4 Å². The van der Waals surface area contributed by atoms with Crippen molar-refractivity contribution in [3.8, 4) is 0 Å². The van der Waals surface area contributed by atoms with Crippen LogP contribution in [0.4, 0.5) is 0 Å². The third-order valence-electron chi connectivity index (χ3n) is 4.40. The van der Waals surface area contributed by atoms with Crippen LogP contribution in [-0.2, 0) is 19.7 Å². The van der Waals surface area contributed by atoms with Crippen LogP contribution in [-0.4, -0.2) is 42.3 Å². The summed E-state index contributed by atoms with van der Waals surface area (Å²) in [5.74, 6) is -0.374. The Morgan fingerprint density at radius 3 is 2.07 bits per heavy atom. The number of hydrogen-bond acceptors (Lipinski definition) is 5. The van der Waals surface area contributed by atoms with Crippen molar-refractivity contribution in [1.29, 1.82) is 0 Å². The smallest absolute Gasteiger partial charge is 0.329 e. The Morgan fingerprint density at radius 2 is 1.61 bits per heavy atom. The van der Waals surface area contributed by atoms with Gasteiger partial charge in [0, 0.05) is 11.0 Å². The van der Waals surface area contributed by atoms with Gasteiger partial charge in [-0.15, -0.1) is 0 Å². The summed E-state index contributed by atoms with van der Waals surface area (Å²) in [5, 5.41) is 2.75. The van der Waals surface area contributed by atoms with E-state index in [1.165, 1.54) is 0 Å². The van der Waals surface area contributed by atoms with Crippen LogP contribution >= 0.6 is 11.8 Å². The van der Waals surface area contributed by atoms with Crippen LogP contribution in [0.3, 0.4) is 0 Å². The van der Waals surface area contributed by atoms with Crippen LogP contribution in [0.2, 0.25) is 0 Å². The molecule has 0 bridgehead atoms. The highest BCUT2D eigenvalue weighted by molar-refractivity contribution is 7.98. The summed E-state index contributed by atoms with van der Waals surface area (Å²) in [4.78, 5) is 37.0. The Labute approximate surface area is 173 Å². The molecule has 0 unspecified atom stereocenters. The number of benzene rings is 1. The third-order valence-corrected chi connectivity index (χ3v) is 5.04. The lowest BCUT2D eigenvalue weighted by Crippen LogP contribution is -2.43. The normalized spacial score (nSPS) is 13.0. The molecule has 0 heterocycles. The van der Waals surface area contributed by atoms with E-state index in [2.05, 4.69) is 26.1 Å². The van der Waals surface area contributed by atoms with Crippen molar-refractivity contribution in [2.24, 2.45) is 5.41 Å². The molecule has 1 aromatic carbocycles. The molecule has 0 spiro atoms. The fourth-order valence-electron chi connectivity index (χ4n) is 2.30. The number of carbonyl (C=O) groups excluding carboxylic acids is 3. The Balaban J connectivity index is 2.80. The number of thioether (sulfide) groups is 1. The van der Waals surface area contributed by atoms with Crippen LogP contribution in [0, 0.1) is 5.41 Å². The maximum atomic E-state index is 12.6. The van der Waals surface area contributed by atoms with Crippen molar-refractivity contribution in [3.05, 3.63) is 35.4 Å². The molecular weight excluding hydrogens is 374 g/mol. The van der Waals surface area contributed by atoms with Crippen molar-refractivity contribution in [2.75, 3.05) is 18.6 Å². The number of ketones is 1. The molecule has 0 aliphatic heterocycles. The third kappa shape index (κ3) is 7.66. The minimum atomic E-state index is -0.782. The number of rotatable bonds is 8. The van der Waals surface area contributed by atoms with Crippen LogP contribution in [0.1, 0.15) is 63.9 Å². The molecule has 5 nitrogen and oxygen atoms in total. The molecule has 0 aliphatic carbocycles. The second-order valence-electron chi connectivity index (χ2n) is 8.92. The molecule has 1 aromatic rings. The Hall–Kier alpha value is -1.82. The highest BCUT2D eigenvalue weighted by atomic mass is 32.2. The van der Waals surface area contributed by atoms with E-state index in [1.54, 1.807) is 44.7 Å². The van der Waals surface area contributed by atoms with Crippen LogP contribution < -0.4 is 5.32 Å². The van der Waals surface area contributed by atoms with Gasteiger partial charge in [0.1, 0.15) is 6.04 Å². The first-order valence-electron chi connectivity index (χ1n) is 9.46. The summed E-state index contributed by atoms with van der Waals surface area (Å²) in [5.41, 5.74) is 1.04. The second kappa shape index (κ2) is 10.1. The van der Waals surface area contributed by atoms with Gasteiger partial charge in [-0.1, -0.05) is 53.7 Å². The van der Waals surface area contributed by atoms with Crippen molar-refractivity contribution in [1.82, 2.24) is 5.32 Å². The van der Waals surface area contributed by atoms with Gasteiger partial charge in [-0.25, -0.2) is 4.79 Å². The zero-order valence-electron chi connectivity index (χ0n) is 18.0. The lowest BCUT2D eigenvalue weighted by molar-refractivity contribution is -0.151. The van der Waals surface area contributed by atoms with Crippen molar-refractivity contribution in [3.63, 3.8) is 0 Å². The Kier molecular flexibility index (Phi) is 8.74. The summed E-state index contributed by atoms with van der Waals surface area (Å²) >= 11 is 1.58. The van der Waals surface area contributed by atoms with E-state index in [4.69, 9.17) is 4.74 Å². The first kappa shape index (κ1) is 24.2. The van der Waals surface area contributed by atoms with E-state index in [-0.39, 0.29) is 23.7 Å². The number of nitrogens with one attached hydrogen (secondary N) is 1. The molecule has 0 radical (unpaired) electrons. The van der Waals surface area contributed by atoms with Gasteiger partial charge in [0.2, 0.25) is 0 Å². The van der Waals surface area contributed by atoms with Gasteiger partial charge in [0.05, 0.1) is 0 Å². The van der Waals surface area contributed by atoms with Gasteiger partial charge in [-0.2, -0.15) is 11.8 Å². The van der Waals surface area contributed by atoms with Gasteiger partial charge in [-0.3, -0.25) is 9.59 Å². The van der Waals surface area contributed by atoms with E-state index in [0.717, 1.165) is 5.56 Å². The van der Waals surface area contributed by atoms with Gasteiger partial charge < -0.3 is 10.1 Å². The summed E-state index contributed by atoms with van der Waals surface area (Å²) in [7, 11) is 0. The van der Waals surface area contributed by atoms with E-state index >= 15 is 0 Å². The molecule has 0 saturated heterocycles. The summed E-state index contributed by atoms with van der Waals surface area (Å²) in [6.07, 6.45) is 2.37. The monoisotopic (exact) mass is 407 g/mol. The number of amides is 1. The zero-order chi connectivity index (χ0) is 21.5. The second-order valence-corrected chi connectivity index (χ2v) is 9.90. The first-order valence-corrected chi connectivity index (χ1v) is 10.9. The molecule has 6 heteroatoms. The van der Waals surface area contributed by atoms with Gasteiger partial charge in [-0.05, 0) is 41.5 Å². The van der Waals surface area contributed by atoms with Gasteiger partial charge >= 0.3 is 5.97 Å². The number of carbonyl (C=O) groups is 3. The topological polar surface area (TPSA) is 72.5 Å². The highest BCUT2D eigenvalue weighted by Crippen LogP contribution is 2.22. The minimum Gasteiger partial charge on any atom is -0.456 e. The fraction of sp³-hybridized carbons (Fsp3) is 0.591. The molecule has 156 valence electrons. The first-order chi connectivity index (χ1) is 12.9. The number of hydrogen-bond donors (Lipinski definition) is 1. The Morgan fingerprint density at radius 1 is 1.04 bits per heavy atom.